The summed E-state index contributed by atoms with van der Waals surface area (Å²) in [5.74, 6) is -0.342. The van der Waals surface area contributed by atoms with Gasteiger partial charge in [0.15, 0.2) is 0 Å². The summed E-state index contributed by atoms with van der Waals surface area (Å²) >= 11 is 0. The molecule has 136 valence electrons. The number of nitrogens with zero attached hydrogens (tertiary/aromatic N) is 3. The third-order valence-electron chi connectivity index (χ3n) is 5.11. The van der Waals surface area contributed by atoms with Crippen LogP contribution in [0.2, 0.25) is 0 Å². The summed E-state index contributed by atoms with van der Waals surface area (Å²) in [5.41, 5.74) is 0.948. The zero-order chi connectivity index (χ0) is 18.4. The summed E-state index contributed by atoms with van der Waals surface area (Å²) in [6.45, 7) is 0.723. The van der Waals surface area contributed by atoms with E-state index in [0.717, 1.165) is 50.6 Å². The predicted molar refractivity (Wildman–Crippen MR) is 96.9 cm³/mol. The molecule has 1 aliphatic rings. The second kappa shape index (κ2) is 8.13. The largest absolute Gasteiger partial charge is 0.323 e. The van der Waals surface area contributed by atoms with Gasteiger partial charge in [-0.05, 0) is 43.4 Å². The zero-order valence-electron chi connectivity index (χ0n) is 14.7. The first-order valence-corrected chi connectivity index (χ1v) is 9.11. The fourth-order valence-electron chi connectivity index (χ4n) is 3.67. The number of anilines is 1. The Morgan fingerprint density at radius 1 is 1.27 bits per heavy atom. The van der Waals surface area contributed by atoms with Gasteiger partial charge in [0.1, 0.15) is 5.82 Å². The molecule has 0 atom stereocenters. The van der Waals surface area contributed by atoms with Crippen LogP contribution in [0.4, 0.5) is 10.1 Å². The smallest absolute Gasteiger partial charge is 0.235 e. The SMILES string of the molecule is N#CCCCCn1cc(NC(=O)C2(c3ccc(F)cc3)CCCC2)cn1. The molecule has 1 saturated carbocycles. The van der Waals surface area contributed by atoms with Crippen molar-refractivity contribution in [3.05, 3.63) is 48.0 Å². The molecule has 1 aliphatic carbocycles. The van der Waals surface area contributed by atoms with Crippen molar-refractivity contribution >= 4 is 11.6 Å². The first-order valence-electron chi connectivity index (χ1n) is 9.11. The molecule has 0 radical (unpaired) electrons. The van der Waals surface area contributed by atoms with E-state index in [1.54, 1.807) is 23.0 Å². The number of hydrogen-bond acceptors (Lipinski definition) is 3. The second-order valence-corrected chi connectivity index (χ2v) is 6.86. The number of benzene rings is 1. The molecule has 6 heteroatoms. The van der Waals surface area contributed by atoms with Gasteiger partial charge >= 0.3 is 0 Å². The van der Waals surface area contributed by atoms with Crippen molar-refractivity contribution in [3.63, 3.8) is 0 Å². The van der Waals surface area contributed by atoms with Crippen LogP contribution >= 0.6 is 0 Å². The first-order chi connectivity index (χ1) is 12.6. The van der Waals surface area contributed by atoms with Crippen LogP contribution in [0.3, 0.4) is 0 Å². The molecule has 26 heavy (non-hydrogen) atoms. The number of nitrogens with one attached hydrogen (secondary N) is 1. The first kappa shape index (κ1) is 18.1. The lowest BCUT2D eigenvalue weighted by atomic mass is 9.78. The van der Waals surface area contributed by atoms with Crippen molar-refractivity contribution in [2.24, 2.45) is 0 Å². The van der Waals surface area contributed by atoms with Crippen LogP contribution in [-0.4, -0.2) is 15.7 Å². The molecular formula is C20H23FN4O. The minimum Gasteiger partial charge on any atom is -0.323 e. The standard InChI is InChI=1S/C20H23FN4O/c21-17-8-6-16(7-9-17)20(10-2-3-11-20)19(26)24-18-14-23-25(15-18)13-5-1-4-12-22/h6-9,14-15H,1-5,10-11,13H2,(H,24,26). The van der Waals surface area contributed by atoms with Gasteiger partial charge in [0.2, 0.25) is 5.91 Å². The maximum absolute atomic E-state index is 13.3. The Morgan fingerprint density at radius 2 is 2.00 bits per heavy atom. The lowest BCUT2D eigenvalue weighted by Gasteiger charge is -2.28. The van der Waals surface area contributed by atoms with Gasteiger partial charge in [-0.2, -0.15) is 10.4 Å². The van der Waals surface area contributed by atoms with Gasteiger partial charge < -0.3 is 5.32 Å². The molecule has 1 fully saturated rings. The second-order valence-electron chi connectivity index (χ2n) is 6.86. The number of hydrogen-bond donors (Lipinski definition) is 1. The molecule has 0 bridgehead atoms. The van der Waals surface area contributed by atoms with Gasteiger partial charge in [-0.25, -0.2) is 4.39 Å². The van der Waals surface area contributed by atoms with Crippen molar-refractivity contribution in [1.29, 1.82) is 5.26 Å². The van der Waals surface area contributed by atoms with Gasteiger partial charge in [-0.1, -0.05) is 25.0 Å². The Morgan fingerprint density at radius 3 is 2.69 bits per heavy atom. The van der Waals surface area contributed by atoms with Gasteiger partial charge in [0.25, 0.3) is 0 Å². The van der Waals surface area contributed by atoms with Crippen LogP contribution in [-0.2, 0) is 16.8 Å². The summed E-state index contributed by atoms with van der Waals surface area (Å²) in [6.07, 6.45) is 9.25. The van der Waals surface area contributed by atoms with Gasteiger partial charge in [-0.3, -0.25) is 9.48 Å². The maximum Gasteiger partial charge on any atom is 0.235 e. The van der Waals surface area contributed by atoms with Crippen LogP contribution in [0.25, 0.3) is 0 Å². The summed E-state index contributed by atoms with van der Waals surface area (Å²) < 4.78 is 15.1. The van der Waals surface area contributed by atoms with Crippen LogP contribution in [0.15, 0.2) is 36.7 Å². The number of aromatic nitrogens is 2. The lowest BCUT2D eigenvalue weighted by Crippen LogP contribution is -2.37. The van der Waals surface area contributed by atoms with Crippen molar-refractivity contribution in [2.45, 2.75) is 56.9 Å². The third kappa shape index (κ3) is 3.93. The fraction of sp³-hybridized carbons (Fsp3) is 0.450. The molecule has 0 aliphatic heterocycles. The molecule has 0 spiro atoms. The number of aryl methyl sites for hydroxylation is 1. The fourth-order valence-corrected chi connectivity index (χ4v) is 3.67. The molecular weight excluding hydrogens is 331 g/mol. The van der Waals surface area contributed by atoms with E-state index < -0.39 is 5.41 Å². The minimum absolute atomic E-state index is 0.0503. The highest BCUT2D eigenvalue weighted by atomic mass is 19.1. The van der Waals surface area contributed by atoms with Crippen molar-refractivity contribution in [1.82, 2.24) is 9.78 Å². The highest BCUT2D eigenvalue weighted by Gasteiger charge is 2.42. The number of halogens is 1. The zero-order valence-corrected chi connectivity index (χ0v) is 14.7. The van der Waals surface area contributed by atoms with E-state index in [9.17, 15) is 9.18 Å². The molecule has 2 aromatic rings. The Balaban J connectivity index is 1.68. The number of rotatable bonds is 7. The van der Waals surface area contributed by atoms with E-state index >= 15 is 0 Å². The number of amides is 1. The number of nitriles is 1. The third-order valence-corrected chi connectivity index (χ3v) is 5.11. The summed E-state index contributed by atoms with van der Waals surface area (Å²) in [4.78, 5) is 13.1. The topological polar surface area (TPSA) is 70.7 Å². The van der Waals surface area contributed by atoms with E-state index in [1.807, 2.05) is 6.20 Å². The van der Waals surface area contributed by atoms with Gasteiger partial charge in [0, 0.05) is 19.2 Å². The van der Waals surface area contributed by atoms with Crippen LogP contribution in [0.5, 0.6) is 0 Å². The molecule has 1 heterocycles. The molecule has 1 amide bonds. The average Bonchev–Trinajstić information content (AvgIpc) is 3.30. The van der Waals surface area contributed by atoms with Crippen molar-refractivity contribution < 1.29 is 9.18 Å². The molecule has 1 aromatic heterocycles. The number of carbonyl (C=O) groups excluding carboxylic acids is 1. The Labute approximate surface area is 152 Å². The van der Waals surface area contributed by atoms with E-state index in [-0.39, 0.29) is 11.7 Å². The Kier molecular flexibility index (Phi) is 5.67. The summed E-state index contributed by atoms with van der Waals surface area (Å²) in [5, 5.41) is 15.8. The van der Waals surface area contributed by atoms with Gasteiger partial charge in [-0.15, -0.1) is 0 Å². The molecule has 1 aromatic carbocycles. The quantitative estimate of drug-likeness (QED) is 0.759. The van der Waals surface area contributed by atoms with Crippen LogP contribution in [0.1, 0.15) is 50.5 Å². The van der Waals surface area contributed by atoms with E-state index in [1.165, 1.54) is 12.1 Å². The maximum atomic E-state index is 13.3. The molecule has 5 nitrogen and oxygen atoms in total. The number of carbonyl (C=O) groups is 1. The summed E-state index contributed by atoms with van der Waals surface area (Å²) in [7, 11) is 0. The highest BCUT2D eigenvalue weighted by Crippen LogP contribution is 2.42. The highest BCUT2D eigenvalue weighted by molar-refractivity contribution is 5.99. The van der Waals surface area contributed by atoms with Crippen molar-refractivity contribution in [2.75, 3.05) is 5.32 Å². The monoisotopic (exact) mass is 354 g/mol. The van der Waals surface area contributed by atoms with Crippen molar-refractivity contribution in [3.8, 4) is 6.07 Å². The predicted octanol–water partition coefficient (Wildman–Crippen LogP) is 4.17. The van der Waals surface area contributed by atoms with Crippen LogP contribution < -0.4 is 5.32 Å². The average molecular weight is 354 g/mol. The summed E-state index contributed by atoms with van der Waals surface area (Å²) in [6, 6.07) is 8.41. The van der Waals surface area contributed by atoms with Crippen LogP contribution in [0, 0.1) is 17.1 Å². The van der Waals surface area contributed by atoms with E-state index in [0.29, 0.717) is 12.1 Å². The normalized spacial score (nSPS) is 15.5. The van der Waals surface area contributed by atoms with E-state index in [4.69, 9.17) is 5.26 Å². The van der Waals surface area contributed by atoms with E-state index in [2.05, 4.69) is 16.5 Å². The minimum atomic E-state index is -0.595. The molecule has 3 rings (SSSR count). The molecule has 1 N–H and O–H groups in total. The number of unbranched alkanes of at least 4 members (excludes halogenated alkanes) is 2. The Hall–Kier alpha value is -2.68. The molecule has 0 saturated heterocycles. The van der Waals surface area contributed by atoms with Gasteiger partial charge in [0.05, 0.1) is 23.4 Å². The lowest BCUT2D eigenvalue weighted by molar-refractivity contribution is -0.121. The Bertz CT molecular complexity index is 785. The molecule has 0 unspecified atom stereocenters.